The molecular formula is C25H26FN3O3. The lowest BCUT2D eigenvalue weighted by molar-refractivity contribution is -0.133. The van der Waals surface area contributed by atoms with Gasteiger partial charge < -0.3 is 14.7 Å². The highest BCUT2D eigenvalue weighted by molar-refractivity contribution is 5.95. The molecule has 1 fully saturated rings. The predicted molar refractivity (Wildman–Crippen MR) is 118 cm³/mol. The monoisotopic (exact) mass is 435 g/mol. The standard InChI is InChI=1S/C25H26FN3O3/c1-2-27-24(31)25(16-21-15-22(28-32-21)18-8-4-3-5-9-18)12-7-13-29(17-25)23(30)19-10-6-11-20(26)14-19/h3-6,8-11,14-15H,2,7,12-13,16-17H2,1H3,(H,27,31)/t25-/m0/s1. The number of carbonyl (C=O) groups is 2. The Kier molecular flexibility index (Phi) is 6.35. The van der Waals surface area contributed by atoms with Crippen molar-refractivity contribution in [2.75, 3.05) is 19.6 Å². The lowest BCUT2D eigenvalue weighted by Crippen LogP contribution is -2.54. The van der Waals surface area contributed by atoms with Crippen LogP contribution >= 0.6 is 0 Å². The quantitative estimate of drug-likeness (QED) is 0.633. The number of hydrogen-bond donors (Lipinski definition) is 1. The van der Waals surface area contributed by atoms with Crippen LogP contribution in [-0.4, -0.2) is 41.5 Å². The van der Waals surface area contributed by atoms with Crippen LogP contribution in [0.25, 0.3) is 11.3 Å². The van der Waals surface area contributed by atoms with Crippen LogP contribution in [0, 0.1) is 11.2 Å². The van der Waals surface area contributed by atoms with E-state index in [1.807, 2.05) is 43.3 Å². The van der Waals surface area contributed by atoms with E-state index in [-0.39, 0.29) is 23.9 Å². The molecule has 1 aliphatic rings. The Hall–Kier alpha value is -3.48. The zero-order valence-electron chi connectivity index (χ0n) is 18.0. The number of amides is 2. The summed E-state index contributed by atoms with van der Waals surface area (Å²) >= 11 is 0. The maximum absolute atomic E-state index is 13.7. The summed E-state index contributed by atoms with van der Waals surface area (Å²) in [5.74, 6) is -0.261. The van der Waals surface area contributed by atoms with Gasteiger partial charge >= 0.3 is 0 Å². The van der Waals surface area contributed by atoms with Crippen molar-refractivity contribution in [3.8, 4) is 11.3 Å². The molecule has 3 aromatic rings. The molecule has 2 heterocycles. The topological polar surface area (TPSA) is 75.4 Å². The van der Waals surface area contributed by atoms with Gasteiger partial charge in [0, 0.05) is 43.2 Å². The Labute approximate surface area is 186 Å². The highest BCUT2D eigenvalue weighted by Crippen LogP contribution is 2.36. The predicted octanol–water partition coefficient (Wildman–Crippen LogP) is 4.08. The molecular weight excluding hydrogens is 409 g/mol. The minimum Gasteiger partial charge on any atom is -0.361 e. The summed E-state index contributed by atoms with van der Waals surface area (Å²) in [6, 6.07) is 17.2. The number of likely N-dealkylation sites (tertiary alicyclic amines) is 1. The van der Waals surface area contributed by atoms with E-state index in [0.29, 0.717) is 43.8 Å². The van der Waals surface area contributed by atoms with Gasteiger partial charge in [-0.25, -0.2) is 4.39 Å². The first kappa shape index (κ1) is 21.7. The van der Waals surface area contributed by atoms with Crippen molar-refractivity contribution in [1.82, 2.24) is 15.4 Å². The fourth-order valence-corrected chi connectivity index (χ4v) is 4.34. The molecule has 0 saturated carbocycles. The van der Waals surface area contributed by atoms with Crippen molar-refractivity contribution in [3.63, 3.8) is 0 Å². The molecule has 0 bridgehead atoms. The number of carbonyl (C=O) groups excluding carboxylic acids is 2. The van der Waals surface area contributed by atoms with Gasteiger partial charge in [-0.3, -0.25) is 9.59 Å². The largest absolute Gasteiger partial charge is 0.361 e. The smallest absolute Gasteiger partial charge is 0.253 e. The van der Waals surface area contributed by atoms with Gasteiger partial charge in [0.1, 0.15) is 17.3 Å². The van der Waals surface area contributed by atoms with E-state index in [9.17, 15) is 14.0 Å². The SMILES string of the molecule is CCNC(=O)[C@]1(Cc2cc(-c3ccccc3)no2)CCCN(C(=O)c2cccc(F)c2)C1. The molecule has 166 valence electrons. The molecule has 1 aliphatic heterocycles. The number of benzene rings is 2. The summed E-state index contributed by atoms with van der Waals surface area (Å²) < 4.78 is 19.2. The van der Waals surface area contributed by atoms with E-state index < -0.39 is 11.2 Å². The number of aromatic nitrogens is 1. The summed E-state index contributed by atoms with van der Waals surface area (Å²) in [7, 11) is 0. The Balaban J connectivity index is 1.59. The summed E-state index contributed by atoms with van der Waals surface area (Å²) in [6.07, 6.45) is 1.61. The van der Waals surface area contributed by atoms with Crippen molar-refractivity contribution in [1.29, 1.82) is 0 Å². The van der Waals surface area contributed by atoms with Crippen LogP contribution in [0.2, 0.25) is 0 Å². The lowest BCUT2D eigenvalue weighted by Gasteiger charge is -2.41. The van der Waals surface area contributed by atoms with Crippen LogP contribution in [0.1, 0.15) is 35.9 Å². The lowest BCUT2D eigenvalue weighted by atomic mass is 9.75. The van der Waals surface area contributed by atoms with Gasteiger partial charge in [0.25, 0.3) is 5.91 Å². The molecule has 7 heteroatoms. The summed E-state index contributed by atoms with van der Waals surface area (Å²) in [4.78, 5) is 27.9. The first-order chi connectivity index (χ1) is 15.5. The molecule has 1 saturated heterocycles. The van der Waals surface area contributed by atoms with Crippen LogP contribution in [0.15, 0.2) is 65.2 Å². The molecule has 0 aliphatic carbocycles. The van der Waals surface area contributed by atoms with Crippen molar-refractivity contribution in [2.45, 2.75) is 26.2 Å². The Morgan fingerprint density at radius 1 is 1.16 bits per heavy atom. The van der Waals surface area contributed by atoms with Crippen molar-refractivity contribution in [2.24, 2.45) is 5.41 Å². The minimum absolute atomic E-state index is 0.116. The van der Waals surface area contributed by atoms with Gasteiger partial charge in [-0.05, 0) is 38.0 Å². The zero-order chi connectivity index (χ0) is 22.6. The normalized spacial score (nSPS) is 18.4. The number of hydrogen-bond acceptors (Lipinski definition) is 4. The van der Waals surface area contributed by atoms with Crippen molar-refractivity contribution < 1.29 is 18.5 Å². The number of nitrogens with zero attached hydrogens (tertiary/aromatic N) is 2. The van der Waals surface area contributed by atoms with Crippen LogP contribution in [-0.2, 0) is 11.2 Å². The third-order valence-electron chi connectivity index (χ3n) is 5.90. The Morgan fingerprint density at radius 3 is 2.72 bits per heavy atom. The second kappa shape index (κ2) is 9.34. The van der Waals surface area contributed by atoms with Crippen LogP contribution in [0.4, 0.5) is 4.39 Å². The van der Waals surface area contributed by atoms with Crippen LogP contribution < -0.4 is 5.32 Å². The molecule has 2 amide bonds. The van der Waals surface area contributed by atoms with Gasteiger partial charge in [0.2, 0.25) is 5.91 Å². The number of rotatable bonds is 6. The molecule has 1 N–H and O–H groups in total. The first-order valence-electron chi connectivity index (χ1n) is 10.8. The number of halogens is 1. The van der Waals surface area contributed by atoms with Gasteiger partial charge in [0.15, 0.2) is 0 Å². The summed E-state index contributed by atoms with van der Waals surface area (Å²) in [6.45, 7) is 3.11. The first-order valence-corrected chi connectivity index (χ1v) is 10.8. The molecule has 0 spiro atoms. The molecule has 4 rings (SSSR count). The molecule has 1 atom stereocenters. The molecule has 6 nitrogen and oxygen atoms in total. The van der Waals surface area contributed by atoms with Crippen LogP contribution in [0.3, 0.4) is 0 Å². The number of nitrogens with one attached hydrogen (secondary N) is 1. The van der Waals surface area contributed by atoms with Gasteiger partial charge in [0.05, 0.1) is 5.41 Å². The van der Waals surface area contributed by atoms with E-state index in [1.165, 1.54) is 18.2 Å². The zero-order valence-corrected chi connectivity index (χ0v) is 18.0. The molecule has 32 heavy (non-hydrogen) atoms. The Bertz CT molecular complexity index is 1100. The highest BCUT2D eigenvalue weighted by Gasteiger charge is 2.44. The molecule has 1 aromatic heterocycles. The Morgan fingerprint density at radius 2 is 1.97 bits per heavy atom. The van der Waals surface area contributed by atoms with Crippen molar-refractivity contribution in [3.05, 3.63) is 77.8 Å². The van der Waals surface area contributed by atoms with E-state index in [0.717, 1.165) is 5.56 Å². The third-order valence-corrected chi connectivity index (χ3v) is 5.90. The maximum atomic E-state index is 13.7. The molecule has 0 radical (unpaired) electrons. The average molecular weight is 435 g/mol. The van der Waals surface area contributed by atoms with Gasteiger partial charge in [-0.15, -0.1) is 0 Å². The highest BCUT2D eigenvalue weighted by atomic mass is 19.1. The van der Waals surface area contributed by atoms with E-state index in [2.05, 4.69) is 10.5 Å². The number of piperidine rings is 1. The minimum atomic E-state index is -0.843. The van der Waals surface area contributed by atoms with Crippen LogP contribution in [0.5, 0.6) is 0 Å². The maximum Gasteiger partial charge on any atom is 0.253 e. The fourth-order valence-electron chi connectivity index (χ4n) is 4.34. The van der Waals surface area contributed by atoms with Gasteiger partial charge in [-0.2, -0.15) is 0 Å². The third kappa shape index (κ3) is 4.56. The summed E-state index contributed by atoms with van der Waals surface area (Å²) in [5.41, 5.74) is 1.07. The second-order valence-electron chi connectivity index (χ2n) is 8.20. The van der Waals surface area contributed by atoms with Gasteiger partial charge in [-0.1, -0.05) is 41.6 Å². The summed E-state index contributed by atoms with van der Waals surface area (Å²) in [5, 5.41) is 7.10. The molecule has 0 unspecified atom stereocenters. The second-order valence-corrected chi connectivity index (χ2v) is 8.20. The van der Waals surface area contributed by atoms with E-state index in [1.54, 1.807) is 11.0 Å². The van der Waals surface area contributed by atoms with Crippen molar-refractivity contribution >= 4 is 11.8 Å². The average Bonchev–Trinajstić information content (AvgIpc) is 3.28. The fraction of sp³-hybridized carbons (Fsp3) is 0.320. The van der Waals surface area contributed by atoms with E-state index >= 15 is 0 Å². The molecule has 2 aromatic carbocycles. The van der Waals surface area contributed by atoms with E-state index in [4.69, 9.17) is 4.52 Å².